The third-order valence-corrected chi connectivity index (χ3v) is 2.82. The lowest BCUT2D eigenvalue weighted by Crippen LogP contribution is -2.32. The first kappa shape index (κ1) is 12.3. The van der Waals surface area contributed by atoms with Gasteiger partial charge in [0, 0.05) is 25.9 Å². The Labute approximate surface area is 92.4 Å². The van der Waals surface area contributed by atoms with Crippen LogP contribution in [0.2, 0.25) is 0 Å². The van der Waals surface area contributed by atoms with E-state index >= 15 is 0 Å². The first-order valence-corrected chi connectivity index (χ1v) is 5.79. The molecular formula is C13H20O2. The number of carbonyl (C=O) groups excluding carboxylic acids is 1. The average Bonchev–Trinajstić information content (AvgIpc) is 2.15. The fraction of sp³-hybridized carbons (Fsp3) is 0.769. The minimum Gasteiger partial charge on any atom is -0.378 e. The number of ketones is 1. The quantitative estimate of drug-likeness (QED) is 0.627. The highest BCUT2D eigenvalue weighted by Crippen LogP contribution is 2.33. The predicted octanol–water partition coefficient (Wildman–Crippen LogP) is 2.56. The molecule has 15 heavy (non-hydrogen) atoms. The maximum Gasteiger partial charge on any atom is 0.134 e. The molecule has 1 rings (SSSR count). The molecule has 0 amide bonds. The van der Waals surface area contributed by atoms with Crippen LogP contribution in [0.5, 0.6) is 0 Å². The lowest BCUT2D eigenvalue weighted by atomic mass is 9.78. The number of rotatable bonds is 6. The fourth-order valence-corrected chi connectivity index (χ4v) is 1.96. The van der Waals surface area contributed by atoms with E-state index in [9.17, 15) is 4.79 Å². The summed E-state index contributed by atoms with van der Waals surface area (Å²) in [6.07, 6.45) is 4.63. The van der Waals surface area contributed by atoms with E-state index in [4.69, 9.17) is 4.74 Å². The molecule has 0 spiro atoms. The third kappa shape index (κ3) is 4.48. The van der Waals surface area contributed by atoms with Gasteiger partial charge in [0.05, 0.1) is 6.10 Å². The van der Waals surface area contributed by atoms with E-state index in [0.29, 0.717) is 24.2 Å². The van der Waals surface area contributed by atoms with Crippen molar-refractivity contribution in [3.8, 4) is 11.8 Å². The molecular weight excluding hydrogens is 188 g/mol. The number of hydrogen-bond donors (Lipinski definition) is 0. The van der Waals surface area contributed by atoms with Gasteiger partial charge in [-0.3, -0.25) is 4.79 Å². The minimum atomic E-state index is 0.359. The van der Waals surface area contributed by atoms with Crippen molar-refractivity contribution in [1.82, 2.24) is 0 Å². The molecule has 0 bridgehead atoms. The SMILES string of the molecule is CC#CCCC(=O)CC1CC(OCC)C1. The average molecular weight is 208 g/mol. The fourth-order valence-electron chi connectivity index (χ4n) is 1.96. The van der Waals surface area contributed by atoms with Gasteiger partial charge >= 0.3 is 0 Å². The highest BCUT2D eigenvalue weighted by molar-refractivity contribution is 5.78. The second kappa shape index (κ2) is 6.63. The van der Waals surface area contributed by atoms with Crippen molar-refractivity contribution in [2.45, 2.75) is 52.1 Å². The molecule has 0 aromatic rings. The summed E-state index contributed by atoms with van der Waals surface area (Å²) in [5, 5.41) is 0. The number of carbonyl (C=O) groups is 1. The van der Waals surface area contributed by atoms with Crippen LogP contribution in [-0.4, -0.2) is 18.5 Å². The van der Waals surface area contributed by atoms with Crippen molar-refractivity contribution in [2.75, 3.05) is 6.61 Å². The smallest absolute Gasteiger partial charge is 0.134 e. The Bertz CT molecular complexity index is 253. The molecule has 0 aromatic heterocycles. The molecule has 0 N–H and O–H groups in total. The van der Waals surface area contributed by atoms with Crippen LogP contribution in [0.25, 0.3) is 0 Å². The van der Waals surface area contributed by atoms with Crippen LogP contribution in [0, 0.1) is 17.8 Å². The van der Waals surface area contributed by atoms with E-state index in [1.165, 1.54) is 0 Å². The Morgan fingerprint density at radius 2 is 2.20 bits per heavy atom. The van der Waals surface area contributed by atoms with E-state index in [1.807, 2.05) is 13.8 Å². The molecule has 0 heterocycles. The summed E-state index contributed by atoms with van der Waals surface area (Å²) in [5.74, 6) is 6.66. The molecule has 1 saturated carbocycles. The largest absolute Gasteiger partial charge is 0.378 e. The zero-order chi connectivity index (χ0) is 11.1. The molecule has 0 saturated heterocycles. The molecule has 1 aliphatic carbocycles. The predicted molar refractivity (Wildman–Crippen MR) is 60.4 cm³/mol. The van der Waals surface area contributed by atoms with Gasteiger partial charge in [-0.25, -0.2) is 0 Å². The summed E-state index contributed by atoms with van der Waals surface area (Å²) < 4.78 is 5.45. The van der Waals surface area contributed by atoms with Crippen molar-refractivity contribution in [1.29, 1.82) is 0 Å². The van der Waals surface area contributed by atoms with Gasteiger partial charge in [0.25, 0.3) is 0 Å². The summed E-state index contributed by atoms with van der Waals surface area (Å²) >= 11 is 0. The summed E-state index contributed by atoms with van der Waals surface area (Å²) in [7, 11) is 0. The van der Waals surface area contributed by atoms with E-state index in [0.717, 1.165) is 32.3 Å². The van der Waals surface area contributed by atoms with Gasteiger partial charge in [-0.15, -0.1) is 11.8 Å². The maximum atomic E-state index is 11.5. The van der Waals surface area contributed by atoms with Gasteiger partial charge in [0.2, 0.25) is 0 Å². The Kier molecular flexibility index (Phi) is 5.42. The van der Waals surface area contributed by atoms with E-state index < -0.39 is 0 Å². The Balaban J connectivity index is 2.05. The highest BCUT2D eigenvalue weighted by atomic mass is 16.5. The van der Waals surface area contributed by atoms with Crippen molar-refractivity contribution in [2.24, 2.45) is 5.92 Å². The van der Waals surface area contributed by atoms with Crippen LogP contribution < -0.4 is 0 Å². The summed E-state index contributed by atoms with van der Waals surface area (Å²) in [6.45, 7) is 4.61. The molecule has 0 radical (unpaired) electrons. The van der Waals surface area contributed by atoms with Gasteiger partial charge < -0.3 is 4.74 Å². The lowest BCUT2D eigenvalue weighted by Gasteiger charge is -2.34. The number of Topliss-reactive ketones (excluding diaryl/α,β-unsaturated/α-hetero) is 1. The van der Waals surface area contributed by atoms with E-state index in [2.05, 4.69) is 11.8 Å². The summed E-state index contributed by atoms with van der Waals surface area (Å²) in [4.78, 5) is 11.5. The monoisotopic (exact) mass is 208 g/mol. The first-order valence-electron chi connectivity index (χ1n) is 5.79. The highest BCUT2D eigenvalue weighted by Gasteiger charge is 2.30. The Hall–Kier alpha value is -0.810. The van der Waals surface area contributed by atoms with Crippen LogP contribution in [0.1, 0.15) is 46.0 Å². The van der Waals surface area contributed by atoms with Gasteiger partial charge in [0.1, 0.15) is 5.78 Å². The minimum absolute atomic E-state index is 0.359. The number of ether oxygens (including phenoxy) is 1. The van der Waals surface area contributed by atoms with Crippen LogP contribution in [0.4, 0.5) is 0 Å². The molecule has 0 aliphatic heterocycles. The van der Waals surface area contributed by atoms with Crippen LogP contribution in [0.15, 0.2) is 0 Å². The molecule has 0 aromatic carbocycles. The van der Waals surface area contributed by atoms with Gasteiger partial charge in [0.15, 0.2) is 0 Å². The molecule has 2 nitrogen and oxygen atoms in total. The molecule has 84 valence electrons. The van der Waals surface area contributed by atoms with Crippen molar-refractivity contribution >= 4 is 5.78 Å². The molecule has 0 unspecified atom stereocenters. The maximum absolute atomic E-state index is 11.5. The van der Waals surface area contributed by atoms with Crippen molar-refractivity contribution in [3.63, 3.8) is 0 Å². The molecule has 2 heteroatoms. The van der Waals surface area contributed by atoms with Crippen molar-refractivity contribution in [3.05, 3.63) is 0 Å². The number of hydrogen-bond acceptors (Lipinski definition) is 2. The summed E-state index contributed by atoms with van der Waals surface area (Å²) in [5.41, 5.74) is 0. The molecule has 1 fully saturated rings. The third-order valence-electron chi connectivity index (χ3n) is 2.82. The van der Waals surface area contributed by atoms with Crippen molar-refractivity contribution < 1.29 is 9.53 Å². The standard InChI is InChI=1S/C13H20O2/c1-3-5-6-7-12(14)8-11-9-13(10-11)15-4-2/h11,13H,4,6-10H2,1-2H3. The normalized spacial score (nSPS) is 23.9. The van der Waals surface area contributed by atoms with Crippen LogP contribution in [-0.2, 0) is 9.53 Å². The molecule has 1 aliphatic rings. The van der Waals surface area contributed by atoms with E-state index in [1.54, 1.807) is 0 Å². The topological polar surface area (TPSA) is 26.3 Å². The zero-order valence-corrected chi connectivity index (χ0v) is 9.71. The van der Waals surface area contributed by atoms with E-state index in [-0.39, 0.29) is 0 Å². The van der Waals surface area contributed by atoms with Gasteiger partial charge in [-0.05, 0) is 32.6 Å². The zero-order valence-electron chi connectivity index (χ0n) is 9.71. The van der Waals surface area contributed by atoms with Crippen LogP contribution in [0.3, 0.4) is 0 Å². The first-order chi connectivity index (χ1) is 7.26. The Morgan fingerprint density at radius 1 is 1.47 bits per heavy atom. The summed E-state index contributed by atoms with van der Waals surface area (Å²) in [6, 6.07) is 0. The van der Waals surface area contributed by atoms with Gasteiger partial charge in [-0.2, -0.15) is 0 Å². The second-order valence-corrected chi connectivity index (χ2v) is 4.08. The lowest BCUT2D eigenvalue weighted by molar-refractivity contribution is -0.122. The van der Waals surface area contributed by atoms with Crippen LogP contribution >= 0.6 is 0 Å². The van der Waals surface area contributed by atoms with Gasteiger partial charge in [-0.1, -0.05) is 0 Å². The Morgan fingerprint density at radius 3 is 2.80 bits per heavy atom. The molecule has 0 atom stereocenters. The second-order valence-electron chi connectivity index (χ2n) is 4.08.